The van der Waals surface area contributed by atoms with E-state index in [9.17, 15) is 0 Å². The largest absolute Gasteiger partial charge is 0.457 e. The van der Waals surface area contributed by atoms with Gasteiger partial charge in [-0.3, -0.25) is 0 Å². The van der Waals surface area contributed by atoms with Gasteiger partial charge >= 0.3 is 0 Å². The van der Waals surface area contributed by atoms with Crippen molar-refractivity contribution in [1.82, 2.24) is 0 Å². The topological polar surface area (TPSA) is 12.5 Å². The highest BCUT2D eigenvalue weighted by Crippen LogP contribution is 2.38. The standard InChI is InChI=1S/C36H27NO/c1-4-12-28(13-5-1)29-14-10-15-30(26-29)31-16-11-19-34(27-31)37(32-17-6-2-7-18-32)33-22-24-36(25-23-33)38-35-20-8-3-9-21-35/h1-27H/i6T. The molecule has 182 valence electrons. The number of benzene rings is 6. The van der Waals surface area contributed by atoms with Crippen LogP contribution in [-0.2, 0) is 0 Å². The molecule has 0 unspecified atom stereocenters. The van der Waals surface area contributed by atoms with Crippen molar-refractivity contribution in [3.8, 4) is 33.8 Å². The Kier molecular flexibility index (Phi) is 6.35. The van der Waals surface area contributed by atoms with Gasteiger partial charge in [0.15, 0.2) is 0 Å². The van der Waals surface area contributed by atoms with Crippen LogP contribution < -0.4 is 9.64 Å². The molecule has 0 fully saturated rings. The Balaban J connectivity index is 1.37. The fraction of sp³-hybridized carbons (Fsp3) is 0. The maximum atomic E-state index is 8.25. The van der Waals surface area contributed by atoms with Crippen LogP contribution in [0.25, 0.3) is 22.3 Å². The van der Waals surface area contributed by atoms with E-state index in [2.05, 4.69) is 89.8 Å². The number of para-hydroxylation sites is 2. The van der Waals surface area contributed by atoms with Crippen LogP contribution >= 0.6 is 0 Å². The summed E-state index contributed by atoms with van der Waals surface area (Å²) in [4.78, 5) is 2.18. The summed E-state index contributed by atoms with van der Waals surface area (Å²) in [6.07, 6.45) is 0. The van der Waals surface area contributed by atoms with E-state index in [0.29, 0.717) is 6.04 Å². The molecule has 2 nitrogen and oxygen atoms in total. The van der Waals surface area contributed by atoms with E-state index < -0.39 is 0 Å². The minimum absolute atomic E-state index is 0.466. The Labute approximate surface area is 225 Å². The molecule has 38 heavy (non-hydrogen) atoms. The molecular formula is C36H27NO. The van der Waals surface area contributed by atoms with Gasteiger partial charge in [-0.05, 0) is 89.0 Å². The molecule has 0 saturated carbocycles. The average Bonchev–Trinajstić information content (AvgIpc) is 3.00. The van der Waals surface area contributed by atoms with Crippen LogP contribution in [0.3, 0.4) is 0 Å². The second kappa shape index (κ2) is 10.9. The number of ether oxygens (including phenoxy) is 1. The lowest BCUT2D eigenvalue weighted by atomic mass is 9.98. The maximum Gasteiger partial charge on any atom is 0.127 e. The average molecular weight is 492 g/mol. The van der Waals surface area contributed by atoms with E-state index in [1.54, 1.807) is 6.07 Å². The monoisotopic (exact) mass is 491 g/mol. The summed E-state index contributed by atoms with van der Waals surface area (Å²) in [5, 5.41) is 0. The van der Waals surface area contributed by atoms with E-state index in [1.807, 2.05) is 66.7 Å². The lowest BCUT2D eigenvalue weighted by Gasteiger charge is -2.26. The predicted molar refractivity (Wildman–Crippen MR) is 159 cm³/mol. The van der Waals surface area contributed by atoms with Gasteiger partial charge in [0, 0.05) is 17.1 Å². The molecule has 6 rings (SSSR count). The SMILES string of the molecule is [3H]c1cccc(N(c2ccc(Oc3ccccc3)cc2)c2cccc(-c3cccc(-c4ccccc4)c3)c2)c1. The van der Waals surface area contributed by atoms with Crippen LogP contribution in [0.5, 0.6) is 11.5 Å². The summed E-state index contributed by atoms with van der Waals surface area (Å²) in [5.41, 5.74) is 7.58. The second-order valence-electron chi connectivity index (χ2n) is 9.00. The molecule has 0 amide bonds. The lowest BCUT2D eigenvalue weighted by Crippen LogP contribution is -2.09. The fourth-order valence-electron chi connectivity index (χ4n) is 4.59. The third-order valence-corrected chi connectivity index (χ3v) is 6.43. The zero-order valence-electron chi connectivity index (χ0n) is 21.9. The molecule has 6 aromatic rings. The van der Waals surface area contributed by atoms with E-state index in [0.717, 1.165) is 39.7 Å². The Morgan fingerprint density at radius 2 is 0.921 bits per heavy atom. The summed E-state index contributed by atoms with van der Waals surface area (Å²) in [6.45, 7) is 0. The Morgan fingerprint density at radius 1 is 0.395 bits per heavy atom. The van der Waals surface area contributed by atoms with Crippen molar-refractivity contribution in [3.05, 3.63) is 164 Å². The van der Waals surface area contributed by atoms with Crippen molar-refractivity contribution in [2.75, 3.05) is 4.90 Å². The minimum Gasteiger partial charge on any atom is -0.457 e. The van der Waals surface area contributed by atoms with Crippen LogP contribution in [0.1, 0.15) is 1.37 Å². The Hall–Kier alpha value is -5.08. The summed E-state index contributed by atoms with van der Waals surface area (Å²) in [7, 11) is 0. The first kappa shape index (κ1) is 22.1. The van der Waals surface area contributed by atoms with Gasteiger partial charge in [-0.25, -0.2) is 0 Å². The number of nitrogens with zero attached hydrogens (tertiary/aromatic N) is 1. The fourth-order valence-corrected chi connectivity index (χ4v) is 4.59. The molecule has 0 radical (unpaired) electrons. The van der Waals surface area contributed by atoms with Gasteiger partial charge in [-0.2, -0.15) is 0 Å². The highest BCUT2D eigenvalue weighted by Gasteiger charge is 2.14. The molecule has 0 bridgehead atoms. The van der Waals surface area contributed by atoms with Crippen LogP contribution in [0.2, 0.25) is 0 Å². The van der Waals surface area contributed by atoms with Gasteiger partial charge in [0.1, 0.15) is 11.5 Å². The van der Waals surface area contributed by atoms with E-state index in [4.69, 9.17) is 6.11 Å². The molecule has 2 heteroatoms. The van der Waals surface area contributed by atoms with Gasteiger partial charge in [0.25, 0.3) is 0 Å². The number of hydrogen-bond acceptors (Lipinski definition) is 2. The van der Waals surface area contributed by atoms with Gasteiger partial charge in [-0.15, -0.1) is 0 Å². The lowest BCUT2D eigenvalue weighted by molar-refractivity contribution is 0.483. The van der Waals surface area contributed by atoms with Crippen molar-refractivity contribution < 1.29 is 6.11 Å². The predicted octanol–water partition coefficient (Wildman–Crippen LogP) is 10.3. The van der Waals surface area contributed by atoms with Crippen molar-refractivity contribution in [3.63, 3.8) is 0 Å². The number of anilines is 3. The smallest absolute Gasteiger partial charge is 0.127 e. The Bertz CT molecular complexity index is 1680. The van der Waals surface area contributed by atoms with Crippen molar-refractivity contribution in [2.45, 2.75) is 0 Å². The first-order valence-corrected chi connectivity index (χ1v) is 12.7. The second-order valence-corrected chi connectivity index (χ2v) is 9.00. The number of rotatable bonds is 7. The molecule has 0 aliphatic heterocycles. The molecule has 0 atom stereocenters. The molecule has 0 aliphatic carbocycles. The van der Waals surface area contributed by atoms with Crippen molar-refractivity contribution >= 4 is 17.1 Å². The molecular weight excluding hydrogens is 462 g/mol. The molecule has 0 saturated heterocycles. The van der Waals surface area contributed by atoms with Crippen molar-refractivity contribution in [2.24, 2.45) is 0 Å². The van der Waals surface area contributed by atoms with E-state index >= 15 is 0 Å². The Morgan fingerprint density at radius 3 is 1.66 bits per heavy atom. The van der Waals surface area contributed by atoms with Gasteiger partial charge in [-0.1, -0.05) is 97.0 Å². The first-order valence-electron chi connectivity index (χ1n) is 13.2. The van der Waals surface area contributed by atoms with Gasteiger partial charge in [0.05, 0.1) is 1.37 Å². The summed E-state index contributed by atoms with van der Waals surface area (Å²) in [6, 6.07) is 53.6. The first-order chi connectivity index (χ1) is 19.2. The third-order valence-electron chi connectivity index (χ3n) is 6.43. The van der Waals surface area contributed by atoms with Crippen LogP contribution in [0.15, 0.2) is 164 Å². The summed E-state index contributed by atoms with van der Waals surface area (Å²) < 4.78 is 14.3. The molecule has 0 aliphatic rings. The van der Waals surface area contributed by atoms with E-state index in [1.165, 1.54) is 11.1 Å². The molecule has 0 aromatic heterocycles. The quantitative estimate of drug-likeness (QED) is 0.220. The van der Waals surface area contributed by atoms with Crippen LogP contribution in [0, 0.1) is 0 Å². The summed E-state index contributed by atoms with van der Waals surface area (Å²) >= 11 is 0. The normalized spacial score (nSPS) is 11.0. The number of hydrogen-bond donors (Lipinski definition) is 0. The third kappa shape index (κ3) is 5.21. The zero-order valence-corrected chi connectivity index (χ0v) is 20.9. The van der Waals surface area contributed by atoms with Crippen LogP contribution in [-0.4, -0.2) is 0 Å². The summed E-state index contributed by atoms with van der Waals surface area (Å²) in [5.74, 6) is 1.57. The minimum atomic E-state index is 0.466. The molecule has 6 aromatic carbocycles. The molecule has 0 spiro atoms. The highest BCUT2D eigenvalue weighted by molar-refractivity contribution is 5.81. The molecule has 0 N–H and O–H groups in total. The van der Waals surface area contributed by atoms with Crippen molar-refractivity contribution in [1.29, 1.82) is 0 Å². The highest BCUT2D eigenvalue weighted by atomic mass is 16.5. The maximum absolute atomic E-state index is 8.25. The van der Waals surface area contributed by atoms with E-state index in [-0.39, 0.29) is 0 Å². The zero-order chi connectivity index (χ0) is 26.4. The van der Waals surface area contributed by atoms with Crippen LogP contribution in [0.4, 0.5) is 17.1 Å². The molecule has 0 heterocycles. The van der Waals surface area contributed by atoms with Gasteiger partial charge in [0.2, 0.25) is 0 Å². The van der Waals surface area contributed by atoms with Gasteiger partial charge < -0.3 is 9.64 Å².